The molecular formula is C27H40N4O4. The molecule has 0 aliphatic heterocycles. The molecule has 3 fully saturated rings. The van der Waals surface area contributed by atoms with Crippen LogP contribution in [-0.2, 0) is 21.8 Å². The second-order valence-corrected chi connectivity index (χ2v) is 11.8. The third-order valence-corrected chi connectivity index (χ3v) is 10.2. The molecule has 1 aromatic rings. The van der Waals surface area contributed by atoms with Crippen LogP contribution in [0.15, 0.2) is 23.0 Å². The van der Waals surface area contributed by atoms with Crippen molar-refractivity contribution >= 4 is 11.7 Å². The summed E-state index contributed by atoms with van der Waals surface area (Å²) in [5.74, 6) is 0.680. The molecule has 5 rings (SSSR count). The van der Waals surface area contributed by atoms with Crippen LogP contribution in [0.25, 0.3) is 0 Å². The molecule has 8 nitrogen and oxygen atoms in total. The fourth-order valence-corrected chi connectivity index (χ4v) is 8.17. The Balaban J connectivity index is 1.36. The highest BCUT2D eigenvalue weighted by Gasteiger charge is 2.65. The van der Waals surface area contributed by atoms with Gasteiger partial charge < -0.3 is 15.1 Å². The summed E-state index contributed by atoms with van der Waals surface area (Å²) in [6.45, 7) is 7.36. The van der Waals surface area contributed by atoms with Gasteiger partial charge >= 0.3 is 5.97 Å². The molecule has 0 amide bonds. The van der Waals surface area contributed by atoms with Crippen LogP contribution in [0.4, 0.5) is 0 Å². The Morgan fingerprint density at radius 1 is 1.20 bits per heavy atom. The fraction of sp³-hybridized carbons (Fsp3) is 0.778. The van der Waals surface area contributed by atoms with E-state index in [0.29, 0.717) is 17.8 Å². The second-order valence-electron chi connectivity index (χ2n) is 11.8. The molecular weight excluding hydrogens is 444 g/mol. The van der Waals surface area contributed by atoms with Gasteiger partial charge in [-0.2, -0.15) is 0 Å². The van der Waals surface area contributed by atoms with E-state index >= 15 is 0 Å². The van der Waals surface area contributed by atoms with E-state index in [2.05, 4.69) is 42.3 Å². The van der Waals surface area contributed by atoms with Crippen LogP contribution in [0.5, 0.6) is 0 Å². The summed E-state index contributed by atoms with van der Waals surface area (Å²) in [5.41, 5.74) is 2.12. The van der Waals surface area contributed by atoms with Crippen molar-refractivity contribution in [3.8, 4) is 0 Å². The number of carbonyl (C=O) groups is 1. The Bertz CT molecular complexity index is 1030. The lowest BCUT2D eigenvalue weighted by molar-refractivity contribution is -0.142. The van der Waals surface area contributed by atoms with Gasteiger partial charge in [-0.05, 0) is 87.0 Å². The summed E-state index contributed by atoms with van der Waals surface area (Å²) in [7, 11) is 0. The normalized spacial score (nSPS) is 39.5. The molecule has 0 saturated heterocycles. The van der Waals surface area contributed by atoms with Gasteiger partial charge in [-0.3, -0.25) is 4.68 Å². The summed E-state index contributed by atoms with van der Waals surface area (Å²) in [6.07, 6.45) is 14.3. The van der Waals surface area contributed by atoms with E-state index < -0.39 is 18.2 Å². The topological polar surface area (TPSA) is 110 Å². The van der Waals surface area contributed by atoms with Crippen LogP contribution in [0, 0.1) is 28.6 Å². The largest absolute Gasteiger partial charge is 0.479 e. The zero-order valence-electron chi connectivity index (χ0n) is 21.4. The summed E-state index contributed by atoms with van der Waals surface area (Å²) in [5, 5.41) is 33.8. The summed E-state index contributed by atoms with van der Waals surface area (Å²) < 4.78 is 1.90. The number of aryl methyl sites for hydroxylation is 1. The Labute approximate surface area is 207 Å². The smallest absolute Gasteiger partial charge is 0.344 e. The van der Waals surface area contributed by atoms with Gasteiger partial charge in [0.1, 0.15) is 11.3 Å². The minimum Gasteiger partial charge on any atom is -0.479 e. The van der Waals surface area contributed by atoms with E-state index in [0.717, 1.165) is 82.2 Å². The van der Waals surface area contributed by atoms with Gasteiger partial charge in [0.15, 0.2) is 0 Å². The quantitative estimate of drug-likeness (QED) is 0.544. The molecule has 3 saturated carbocycles. The number of nitrogens with zero attached hydrogens (tertiary/aromatic N) is 4. The summed E-state index contributed by atoms with van der Waals surface area (Å²) in [6, 6.07) is 0. The second kappa shape index (κ2) is 9.02. The number of fused-ring (bicyclic) bond motifs is 5. The first-order chi connectivity index (χ1) is 16.7. The molecule has 192 valence electrons. The Morgan fingerprint density at radius 2 is 2.00 bits per heavy atom. The average Bonchev–Trinajstić information content (AvgIpc) is 3.41. The molecule has 1 heterocycles. The highest BCUT2D eigenvalue weighted by atomic mass is 16.6. The minimum absolute atomic E-state index is 0.139. The lowest BCUT2D eigenvalue weighted by Crippen LogP contribution is -2.53. The number of aliphatic carboxylic acids is 1. The van der Waals surface area contributed by atoms with Crippen molar-refractivity contribution in [1.29, 1.82) is 0 Å². The number of rotatable bonds is 7. The van der Waals surface area contributed by atoms with E-state index in [9.17, 15) is 9.90 Å². The monoisotopic (exact) mass is 484 g/mol. The molecule has 2 N–H and O–H groups in total. The molecule has 0 radical (unpaired) electrons. The van der Waals surface area contributed by atoms with Crippen molar-refractivity contribution in [3.05, 3.63) is 23.5 Å². The highest BCUT2D eigenvalue weighted by Crippen LogP contribution is 2.69. The number of hydrogen-bond acceptors (Lipinski definition) is 6. The molecule has 4 aliphatic carbocycles. The van der Waals surface area contributed by atoms with Crippen molar-refractivity contribution < 1.29 is 19.8 Å². The zero-order chi connectivity index (χ0) is 24.8. The Kier molecular flexibility index (Phi) is 6.31. The number of carboxylic acids is 1. The van der Waals surface area contributed by atoms with Gasteiger partial charge in [0, 0.05) is 12.0 Å². The molecule has 6 unspecified atom stereocenters. The lowest BCUT2D eigenvalue weighted by atomic mass is 9.46. The number of aromatic nitrogens is 3. The molecule has 6 atom stereocenters. The van der Waals surface area contributed by atoms with Gasteiger partial charge in [0.2, 0.25) is 6.61 Å². The van der Waals surface area contributed by atoms with Gasteiger partial charge in [-0.1, -0.05) is 43.1 Å². The minimum atomic E-state index is -1.01. The number of aliphatic hydroxyl groups is 1. The maximum Gasteiger partial charge on any atom is 0.344 e. The van der Waals surface area contributed by atoms with Gasteiger partial charge in [0.05, 0.1) is 11.9 Å². The summed E-state index contributed by atoms with van der Waals surface area (Å²) >= 11 is 0. The van der Waals surface area contributed by atoms with Crippen molar-refractivity contribution in [2.75, 3.05) is 6.61 Å². The van der Waals surface area contributed by atoms with Crippen molar-refractivity contribution in [2.45, 2.75) is 97.1 Å². The van der Waals surface area contributed by atoms with E-state index in [1.807, 2.05) is 10.9 Å². The van der Waals surface area contributed by atoms with Crippen LogP contribution < -0.4 is 0 Å². The van der Waals surface area contributed by atoms with Crippen molar-refractivity contribution in [3.63, 3.8) is 0 Å². The molecule has 0 spiro atoms. The van der Waals surface area contributed by atoms with E-state index in [4.69, 9.17) is 9.94 Å². The first-order valence-electron chi connectivity index (χ1n) is 13.5. The fourth-order valence-electron chi connectivity index (χ4n) is 8.17. The van der Waals surface area contributed by atoms with Gasteiger partial charge in [0.25, 0.3) is 0 Å². The zero-order valence-corrected chi connectivity index (χ0v) is 21.4. The van der Waals surface area contributed by atoms with Gasteiger partial charge in [-0.25, -0.2) is 4.79 Å². The molecule has 4 aliphatic rings. The van der Waals surface area contributed by atoms with E-state index in [1.54, 1.807) is 0 Å². The number of oxime groups is 1. The van der Waals surface area contributed by atoms with E-state index in [1.165, 1.54) is 5.57 Å². The average molecular weight is 485 g/mol. The Morgan fingerprint density at radius 3 is 2.77 bits per heavy atom. The highest BCUT2D eigenvalue weighted by molar-refractivity contribution is 5.96. The first-order valence-corrected chi connectivity index (χ1v) is 13.5. The number of unbranched alkanes of at least 4 members (excludes halogenated alkanes) is 1. The Hall–Kier alpha value is -2.22. The molecule has 8 heteroatoms. The third-order valence-electron chi connectivity index (χ3n) is 10.2. The van der Waals surface area contributed by atoms with Crippen LogP contribution in [0.2, 0.25) is 0 Å². The van der Waals surface area contributed by atoms with Crippen LogP contribution >= 0.6 is 0 Å². The molecule has 35 heavy (non-hydrogen) atoms. The summed E-state index contributed by atoms with van der Waals surface area (Å²) in [4.78, 5) is 15.8. The number of carboxylic acid groups (broad SMARTS) is 1. The first kappa shape index (κ1) is 24.5. The third kappa shape index (κ3) is 3.92. The van der Waals surface area contributed by atoms with E-state index in [-0.39, 0.29) is 10.8 Å². The lowest BCUT2D eigenvalue weighted by Gasteiger charge is -2.59. The predicted molar refractivity (Wildman–Crippen MR) is 132 cm³/mol. The SMILES string of the molecule is CCCCn1cc(C2(O)CCC3C4CCC5=CC(=NOCC(=O)O)CCC5(C)C4CCC32C)nn1. The predicted octanol–water partition coefficient (Wildman–Crippen LogP) is 4.69. The number of allylic oxidation sites excluding steroid dienone is 2. The molecule has 0 aromatic carbocycles. The molecule has 0 bridgehead atoms. The van der Waals surface area contributed by atoms with Crippen LogP contribution in [0.3, 0.4) is 0 Å². The standard InChI is InChI=1S/C27H40N4O4/c1-4-5-14-31-16-23(28-30-31)27(34)13-10-22-20-7-6-18-15-19(29-35-17-24(32)33)8-11-25(18,2)21(20)9-12-26(22,27)3/h15-16,20-22,34H,4-14,17H2,1-3H3,(H,32,33). The van der Waals surface area contributed by atoms with Crippen molar-refractivity contribution in [1.82, 2.24) is 15.0 Å². The van der Waals surface area contributed by atoms with Gasteiger partial charge in [-0.15, -0.1) is 5.10 Å². The van der Waals surface area contributed by atoms with Crippen LogP contribution in [0.1, 0.15) is 90.7 Å². The maximum atomic E-state index is 12.1. The van der Waals surface area contributed by atoms with Crippen molar-refractivity contribution in [2.24, 2.45) is 33.7 Å². The molecule has 1 aromatic heterocycles. The maximum absolute atomic E-state index is 12.1. The van der Waals surface area contributed by atoms with Crippen LogP contribution in [-0.4, -0.2) is 43.5 Å². The number of hydrogen-bond donors (Lipinski definition) is 2.